The number of nitrogens with one attached hydrogen (secondary N) is 1. The Hall–Kier alpha value is -0.930. The van der Waals surface area contributed by atoms with Gasteiger partial charge in [0.2, 0.25) is 0 Å². The van der Waals surface area contributed by atoms with Gasteiger partial charge in [-0.15, -0.1) is 0 Å². The molecule has 2 N–H and O–H groups in total. The average molecular weight is 164 g/mol. The number of pyridine rings is 1. The highest BCUT2D eigenvalue weighted by Crippen LogP contribution is 2.26. The first-order chi connectivity index (χ1) is 5.92. The van der Waals surface area contributed by atoms with Crippen LogP contribution < -0.4 is 5.48 Å². The predicted octanol–water partition coefficient (Wildman–Crippen LogP) is 1.44. The molecule has 1 atom stereocenters. The maximum Gasteiger partial charge on any atom is 0.0743 e. The molecule has 12 heavy (non-hydrogen) atoms. The summed E-state index contributed by atoms with van der Waals surface area (Å²) in [5, 5.41) is 8.85. The van der Waals surface area contributed by atoms with E-state index < -0.39 is 0 Å². The maximum absolute atomic E-state index is 8.85. The van der Waals surface area contributed by atoms with Crippen molar-refractivity contribution in [2.45, 2.75) is 25.3 Å². The number of nitrogens with zero attached hydrogens (tertiary/aromatic N) is 1. The molecule has 0 spiro atoms. The molecule has 1 heterocycles. The summed E-state index contributed by atoms with van der Waals surface area (Å²) < 4.78 is 0. The van der Waals surface area contributed by atoms with Gasteiger partial charge in [0, 0.05) is 6.20 Å². The molecule has 0 fully saturated rings. The molecule has 3 heteroatoms. The van der Waals surface area contributed by atoms with Crippen LogP contribution in [0.25, 0.3) is 0 Å². The van der Waals surface area contributed by atoms with Crippen LogP contribution in [0.3, 0.4) is 0 Å². The Morgan fingerprint density at radius 2 is 2.50 bits per heavy atom. The van der Waals surface area contributed by atoms with Crippen LogP contribution in [0.1, 0.15) is 30.1 Å². The zero-order valence-corrected chi connectivity index (χ0v) is 6.83. The second kappa shape index (κ2) is 3.21. The number of fused-ring (bicyclic) bond motifs is 1. The fraction of sp³-hybridized carbons (Fsp3) is 0.444. The third-order valence-corrected chi connectivity index (χ3v) is 2.35. The molecule has 1 aromatic rings. The van der Waals surface area contributed by atoms with E-state index in [1.165, 1.54) is 5.56 Å². The lowest BCUT2D eigenvalue weighted by atomic mass is 9.92. The number of aryl methyl sites for hydroxylation is 1. The molecule has 1 aliphatic carbocycles. The van der Waals surface area contributed by atoms with E-state index in [2.05, 4.69) is 16.5 Å². The minimum atomic E-state index is 0.0370. The number of hydrogen-bond donors (Lipinski definition) is 2. The lowest BCUT2D eigenvalue weighted by molar-refractivity contribution is 0.115. The fourth-order valence-electron chi connectivity index (χ4n) is 1.74. The minimum absolute atomic E-state index is 0.0370. The minimum Gasteiger partial charge on any atom is -0.316 e. The van der Waals surface area contributed by atoms with Gasteiger partial charge in [0.25, 0.3) is 0 Å². The Morgan fingerprint density at radius 3 is 3.33 bits per heavy atom. The van der Waals surface area contributed by atoms with Crippen molar-refractivity contribution >= 4 is 0 Å². The van der Waals surface area contributed by atoms with E-state index in [0.29, 0.717) is 0 Å². The third kappa shape index (κ3) is 1.21. The van der Waals surface area contributed by atoms with Crippen LogP contribution in [-0.2, 0) is 6.42 Å². The molecule has 1 aliphatic rings. The van der Waals surface area contributed by atoms with Crippen molar-refractivity contribution in [3.8, 4) is 0 Å². The molecular formula is C9H12N2O. The molecule has 2 rings (SSSR count). The van der Waals surface area contributed by atoms with Crippen LogP contribution in [0.15, 0.2) is 18.3 Å². The van der Waals surface area contributed by atoms with E-state index in [1.54, 1.807) is 6.20 Å². The van der Waals surface area contributed by atoms with Crippen LogP contribution in [0.5, 0.6) is 0 Å². The van der Waals surface area contributed by atoms with E-state index in [1.807, 2.05) is 6.07 Å². The van der Waals surface area contributed by atoms with Gasteiger partial charge in [-0.3, -0.25) is 4.98 Å². The van der Waals surface area contributed by atoms with Crippen LogP contribution >= 0.6 is 0 Å². The van der Waals surface area contributed by atoms with Crippen molar-refractivity contribution in [1.82, 2.24) is 10.5 Å². The van der Waals surface area contributed by atoms with Crippen molar-refractivity contribution in [2.75, 3.05) is 0 Å². The van der Waals surface area contributed by atoms with Crippen LogP contribution in [0, 0.1) is 0 Å². The maximum atomic E-state index is 8.85. The number of aromatic nitrogens is 1. The van der Waals surface area contributed by atoms with Gasteiger partial charge < -0.3 is 5.21 Å². The van der Waals surface area contributed by atoms with E-state index in [0.717, 1.165) is 25.0 Å². The molecule has 64 valence electrons. The zero-order chi connectivity index (χ0) is 8.39. The number of hydrogen-bond acceptors (Lipinski definition) is 3. The van der Waals surface area contributed by atoms with Gasteiger partial charge in [-0.25, -0.2) is 0 Å². The number of hydroxylamine groups is 1. The molecule has 0 amide bonds. The Balaban J connectivity index is 2.37. The molecule has 0 aromatic carbocycles. The highest BCUT2D eigenvalue weighted by molar-refractivity contribution is 5.24. The van der Waals surface area contributed by atoms with Gasteiger partial charge >= 0.3 is 0 Å². The quantitative estimate of drug-likeness (QED) is 0.617. The lowest BCUT2D eigenvalue weighted by Crippen LogP contribution is -2.23. The molecular weight excluding hydrogens is 152 g/mol. The van der Waals surface area contributed by atoms with E-state index in [9.17, 15) is 0 Å². The molecule has 0 saturated heterocycles. The fourth-order valence-corrected chi connectivity index (χ4v) is 1.74. The van der Waals surface area contributed by atoms with Gasteiger partial charge in [-0.2, -0.15) is 5.48 Å². The van der Waals surface area contributed by atoms with Gasteiger partial charge in [0.1, 0.15) is 0 Å². The summed E-state index contributed by atoms with van der Waals surface area (Å²) in [6, 6.07) is 4.06. The largest absolute Gasteiger partial charge is 0.316 e. The second-order valence-corrected chi connectivity index (χ2v) is 3.12. The second-order valence-electron chi connectivity index (χ2n) is 3.12. The summed E-state index contributed by atoms with van der Waals surface area (Å²) >= 11 is 0. The van der Waals surface area contributed by atoms with Crippen LogP contribution in [-0.4, -0.2) is 10.2 Å². The summed E-state index contributed by atoms with van der Waals surface area (Å²) in [6.45, 7) is 0. The number of rotatable bonds is 1. The van der Waals surface area contributed by atoms with Crippen LogP contribution in [0.4, 0.5) is 0 Å². The molecule has 1 unspecified atom stereocenters. The standard InChI is InChI=1S/C9H12N2O/c12-11-8-5-1-3-7-4-2-6-10-9(7)8/h2,4,6,8,11-12H,1,3,5H2. The van der Waals surface area contributed by atoms with E-state index in [4.69, 9.17) is 5.21 Å². The molecule has 0 aliphatic heterocycles. The normalized spacial score (nSPS) is 21.9. The smallest absolute Gasteiger partial charge is 0.0743 e. The Bertz CT molecular complexity index is 275. The van der Waals surface area contributed by atoms with Gasteiger partial charge in [0.15, 0.2) is 0 Å². The van der Waals surface area contributed by atoms with E-state index in [-0.39, 0.29) is 6.04 Å². The summed E-state index contributed by atoms with van der Waals surface area (Å²) in [7, 11) is 0. The van der Waals surface area contributed by atoms with Crippen molar-refractivity contribution in [2.24, 2.45) is 0 Å². The highest BCUT2D eigenvalue weighted by Gasteiger charge is 2.19. The summed E-state index contributed by atoms with van der Waals surface area (Å²) in [5.74, 6) is 0. The molecule has 0 saturated carbocycles. The average Bonchev–Trinajstić information content (AvgIpc) is 2.17. The van der Waals surface area contributed by atoms with Crippen molar-refractivity contribution in [3.63, 3.8) is 0 Å². The zero-order valence-electron chi connectivity index (χ0n) is 6.83. The first-order valence-electron chi connectivity index (χ1n) is 4.25. The first-order valence-corrected chi connectivity index (χ1v) is 4.25. The molecule has 3 nitrogen and oxygen atoms in total. The monoisotopic (exact) mass is 164 g/mol. The summed E-state index contributed by atoms with van der Waals surface area (Å²) in [4.78, 5) is 4.25. The molecule has 0 bridgehead atoms. The molecule has 1 aromatic heterocycles. The van der Waals surface area contributed by atoms with Crippen molar-refractivity contribution < 1.29 is 5.21 Å². The highest BCUT2D eigenvalue weighted by atomic mass is 16.5. The van der Waals surface area contributed by atoms with Crippen molar-refractivity contribution in [3.05, 3.63) is 29.6 Å². The topological polar surface area (TPSA) is 45.1 Å². The Labute approximate surface area is 71.4 Å². The van der Waals surface area contributed by atoms with Gasteiger partial charge in [0.05, 0.1) is 11.7 Å². The van der Waals surface area contributed by atoms with Crippen LogP contribution in [0.2, 0.25) is 0 Å². The van der Waals surface area contributed by atoms with Crippen molar-refractivity contribution in [1.29, 1.82) is 0 Å². The third-order valence-electron chi connectivity index (χ3n) is 2.35. The summed E-state index contributed by atoms with van der Waals surface area (Å²) in [5.41, 5.74) is 4.56. The summed E-state index contributed by atoms with van der Waals surface area (Å²) in [6.07, 6.45) is 4.95. The SMILES string of the molecule is ONC1CCCc2cccnc21. The lowest BCUT2D eigenvalue weighted by Gasteiger charge is -2.22. The van der Waals surface area contributed by atoms with Gasteiger partial charge in [-0.05, 0) is 30.9 Å². The van der Waals surface area contributed by atoms with E-state index >= 15 is 0 Å². The Kier molecular flexibility index (Phi) is 2.06. The Morgan fingerprint density at radius 1 is 1.58 bits per heavy atom. The predicted molar refractivity (Wildman–Crippen MR) is 44.8 cm³/mol. The van der Waals surface area contributed by atoms with Gasteiger partial charge in [-0.1, -0.05) is 6.07 Å². The molecule has 0 radical (unpaired) electrons. The first kappa shape index (κ1) is 7.71.